The van der Waals surface area contributed by atoms with Crippen LogP contribution >= 0.6 is 0 Å². The first-order valence-corrected chi connectivity index (χ1v) is 6.83. The zero-order chi connectivity index (χ0) is 13.9. The number of ether oxygens (including phenoxy) is 1. The second kappa shape index (κ2) is 5.59. The van der Waals surface area contributed by atoms with Crippen molar-refractivity contribution >= 4 is 5.91 Å². The average Bonchev–Trinajstić information content (AvgIpc) is 2.70. The Bertz CT molecular complexity index is 442. The lowest BCUT2D eigenvalue weighted by Gasteiger charge is -2.31. The van der Waals surface area contributed by atoms with Crippen molar-refractivity contribution in [2.24, 2.45) is 5.92 Å². The number of pyridine rings is 1. The predicted octanol–water partition coefficient (Wildman–Crippen LogP) is 2.33. The fourth-order valence-corrected chi connectivity index (χ4v) is 2.94. The number of methoxy groups -OCH3 is 1. The molecule has 2 rings (SSSR count). The van der Waals surface area contributed by atoms with Crippen molar-refractivity contribution in [3.63, 3.8) is 0 Å². The summed E-state index contributed by atoms with van der Waals surface area (Å²) in [6.45, 7) is 4.39. The van der Waals surface area contributed by atoms with Crippen LogP contribution in [0.1, 0.15) is 38.7 Å². The lowest BCUT2D eigenvalue weighted by atomic mass is 9.82. The van der Waals surface area contributed by atoms with Gasteiger partial charge in [-0.2, -0.15) is 0 Å². The van der Waals surface area contributed by atoms with Gasteiger partial charge >= 0.3 is 0 Å². The fourth-order valence-electron chi connectivity index (χ4n) is 2.94. The largest absolute Gasteiger partial charge is 0.481 e. The molecule has 1 unspecified atom stereocenters. The first-order chi connectivity index (χ1) is 9.03. The number of aromatic nitrogens is 1. The van der Waals surface area contributed by atoms with E-state index in [1.54, 1.807) is 7.11 Å². The maximum Gasteiger partial charge on any atom is 0.220 e. The zero-order valence-electron chi connectivity index (χ0n) is 11.9. The van der Waals surface area contributed by atoms with Gasteiger partial charge in [-0.15, -0.1) is 0 Å². The van der Waals surface area contributed by atoms with Gasteiger partial charge in [0.1, 0.15) is 0 Å². The van der Waals surface area contributed by atoms with E-state index in [4.69, 9.17) is 4.74 Å². The molecule has 19 heavy (non-hydrogen) atoms. The molecule has 1 saturated heterocycles. The van der Waals surface area contributed by atoms with Gasteiger partial charge in [0.05, 0.1) is 7.11 Å². The Morgan fingerprint density at radius 3 is 2.74 bits per heavy atom. The third kappa shape index (κ3) is 3.46. The Morgan fingerprint density at radius 1 is 1.47 bits per heavy atom. The molecule has 0 radical (unpaired) electrons. The summed E-state index contributed by atoms with van der Waals surface area (Å²) < 4.78 is 5.07. The van der Waals surface area contributed by atoms with E-state index in [2.05, 4.69) is 24.1 Å². The highest BCUT2D eigenvalue weighted by Crippen LogP contribution is 2.31. The molecular weight excluding hydrogens is 240 g/mol. The molecule has 0 spiro atoms. The smallest absolute Gasteiger partial charge is 0.220 e. The summed E-state index contributed by atoms with van der Waals surface area (Å²) in [5.41, 5.74) is 1.05. The van der Waals surface area contributed by atoms with Crippen LogP contribution in [0.5, 0.6) is 5.88 Å². The highest BCUT2D eigenvalue weighted by Gasteiger charge is 2.38. The Labute approximate surface area is 114 Å². The van der Waals surface area contributed by atoms with Gasteiger partial charge in [0.25, 0.3) is 0 Å². The maximum absolute atomic E-state index is 11.6. The minimum absolute atomic E-state index is 0.0957. The van der Waals surface area contributed by atoms with Gasteiger partial charge < -0.3 is 10.1 Å². The Balaban J connectivity index is 2.13. The van der Waals surface area contributed by atoms with Crippen molar-refractivity contribution < 1.29 is 9.53 Å². The Hall–Kier alpha value is -1.58. The van der Waals surface area contributed by atoms with E-state index in [1.807, 2.05) is 18.3 Å². The topological polar surface area (TPSA) is 51.2 Å². The lowest BCUT2D eigenvalue weighted by molar-refractivity contribution is -0.119. The quantitative estimate of drug-likeness (QED) is 0.886. The van der Waals surface area contributed by atoms with E-state index >= 15 is 0 Å². The van der Waals surface area contributed by atoms with E-state index in [9.17, 15) is 4.79 Å². The Morgan fingerprint density at radius 2 is 2.26 bits per heavy atom. The second-order valence-corrected chi connectivity index (χ2v) is 5.81. The molecule has 1 aliphatic rings. The van der Waals surface area contributed by atoms with E-state index in [1.165, 1.54) is 0 Å². The standard InChI is InChI=1S/C15H22N2O2/c1-11(2)8-15(7-6-13(18)17-15)9-12-4-5-14(19-3)16-10-12/h4-5,10-11H,6-9H2,1-3H3,(H,17,18). The summed E-state index contributed by atoms with van der Waals surface area (Å²) in [6, 6.07) is 3.90. The van der Waals surface area contributed by atoms with Gasteiger partial charge in [-0.3, -0.25) is 4.79 Å². The van der Waals surface area contributed by atoms with Crippen LogP contribution in [0.25, 0.3) is 0 Å². The van der Waals surface area contributed by atoms with E-state index in [0.29, 0.717) is 18.2 Å². The van der Waals surface area contributed by atoms with E-state index in [-0.39, 0.29) is 11.4 Å². The predicted molar refractivity (Wildman–Crippen MR) is 74.1 cm³/mol. The van der Waals surface area contributed by atoms with Crippen LogP contribution in [0.4, 0.5) is 0 Å². The van der Waals surface area contributed by atoms with Crippen molar-refractivity contribution in [1.82, 2.24) is 10.3 Å². The van der Waals surface area contributed by atoms with Gasteiger partial charge in [-0.25, -0.2) is 4.98 Å². The van der Waals surface area contributed by atoms with Crippen molar-refractivity contribution in [2.75, 3.05) is 7.11 Å². The van der Waals surface area contributed by atoms with Gasteiger partial charge in [-0.1, -0.05) is 19.9 Å². The monoisotopic (exact) mass is 262 g/mol. The summed E-state index contributed by atoms with van der Waals surface area (Å²) >= 11 is 0. The van der Waals surface area contributed by atoms with E-state index in [0.717, 1.165) is 24.8 Å². The van der Waals surface area contributed by atoms with E-state index < -0.39 is 0 Å². The van der Waals surface area contributed by atoms with Crippen LogP contribution in [-0.4, -0.2) is 23.5 Å². The molecular formula is C15H22N2O2. The number of carbonyl (C=O) groups excluding carboxylic acids is 1. The Kier molecular flexibility index (Phi) is 4.08. The molecule has 1 aromatic heterocycles. The molecule has 0 bridgehead atoms. The number of carbonyl (C=O) groups is 1. The highest BCUT2D eigenvalue weighted by molar-refractivity contribution is 5.79. The van der Waals surface area contributed by atoms with Crippen LogP contribution in [0.3, 0.4) is 0 Å². The first kappa shape index (κ1) is 13.8. The fraction of sp³-hybridized carbons (Fsp3) is 0.600. The van der Waals surface area contributed by atoms with Crippen molar-refractivity contribution in [3.05, 3.63) is 23.9 Å². The van der Waals surface area contributed by atoms with Crippen LogP contribution in [-0.2, 0) is 11.2 Å². The average molecular weight is 262 g/mol. The first-order valence-electron chi connectivity index (χ1n) is 6.83. The molecule has 4 nitrogen and oxygen atoms in total. The number of hydrogen-bond donors (Lipinski definition) is 1. The van der Waals surface area contributed by atoms with Gasteiger partial charge in [0, 0.05) is 24.2 Å². The van der Waals surface area contributed by atoms with Crippen molar-refractivity contribution in [2.45, 2.75) is 45.1 Å². The summed E-state index contributed by atoms with van der Waals surface area (Å²) in [5.74, 6) is 1.35. The molecule has 1 aromatic rings. The molecule has 1 aliphatic heterocycles. The SMILES string of the molecule is COc1ccc(CC2(CC(C)C)CCC(=O)N2)cn1. The minimum Gasteiger partial charge on any atom is -0.481 e. The maximum atomic E-state index is 11.6. The van der Waals surface area contributed by atoms with Crippen molar-refractivity contribution in [3.8, 4) is 5.88 Å². The van der Waals surface area contributed by atoms with Crippen molar-refractivity contribution in [1.29, 1.82) is 0 Å². The highest BCUT2D eigenvalue weighted by atomic mass is 16.5. The number of amides is 1. The number of hydrogen-bond acceptors (Lipinski definition) is 3. The van der Waals surface area contributed by atoms with Gasteiger partial charge in [0.2, 0.25) is 11.8 Å². The number of rotatable bonds is 5. The van der Waals surface area contributed by atoms with Gasteiger partial charge in [-0.05, 0) is 30.7 Å². The third-order valence-electron chi connectivity index (χ3n) is 3.58. The molecule has 1 amide bonds. The molecule has 1 atom stereocenters. The summed E-state index contributed by atoms with van der Waals surface area (Å²) in [5, 5.41) is 3.18. The zero-order valence-corrected chi connectivity index (χ0v) is 11.9. The van der Waals surface area contributed by atoms with Crippen LogP contribution in [0, 0.1) is 5.92 Å². The van der Waals surface area contributed by atoms with Gasteiger partial charge in [0.15, 0.2) is 0 Å². The molecule has 0 aliphatic carbocycles. The molecule has 0 saturated carbocycles. The lowest BCUT2D eigenvalue weighted by Crippen LogP contribution is -2.44. The summed E-state index contributed by atoms with van der Waals surface area (Å²) in [6.07, 6.45) is 5.23. The number of nitrogens with zero attached hydrogens (tertiary/aromatic N) is 1. The molecule has 2 heterocycles. The molecule has 1 fully saturated rings. The third-order valence-corrected chi connectivity index (χ3v) is 3.58. The molecule has 4 heteroatoms. The normalized spacial score (nSPS) is 22.6. The molecule has 0 aromatic carbocycles. The van der Waals surface area contributed by atoms with Crippen LogP contribution < -0.4 is 10.1 Å². The van der Waals surface area contributed by atoms with Crippen LogP contribution in [0.15, 0.2) is 18.3 Å². The summed E-state index contributed by atoms with van der Waals surface area (Å²) in [7, 11) is 1.61. The minimum atomic E-state index is -0.0957. The summed E-state index contributed by atoms with van der Waals surface area (Å²) in [4.78, 5) is 15.8. The molecule has 104 valence electrons. The molecule has 1 N–H and O–H groups in total. The second-order valence-electron chi connectivity index (χ2n) is 5.81. The van der Waals surface area contributed by atoms with Crippen LogP contribution in [0.2, 0.25) is 0 Å². The number of nitrogens with one attached hydrogen (secondary N) is 1.